The van der Waals surface area contributed by atoms with Crippen molar-refractivity contribution in [3.05, 3.63) is 106 Å². The van der Waals surface area contributed by atoms with Gasteiger partial charge in [0.05, 0.1) is 13.3 Å². The van der Waals surface area contributed by atoms with Gasteiger partial charge in [-0.1, -0.05) is 54.6 Å². The number of hydrazone groups is 1. The number of ether oxygens (including phenoxy) is 2. The van der Waals surface area contributed by atoms with Crippen LogP contribution in [0.5, 0.6) is 11.5 Å². The molecule has 0 aliphatic carbocycles. The Kier molecular flexibility index (Phi) is 6.50. The van der Waals surface area contributed by atoms with Gasteiger partial charge in [-0.25, -0.2) is 5.43 Å². The van der Waals surface area contributed by atoms with E-state index in [0.717, 1.165) is 20.8 Å². The molecule has 0 saturated carbocycles. The van der Waals surface area contributed by atoms with Crippen LogP contribution >= 0.6 is 15.9 Å². The smallest absolute Gasteiger partial charge is 0.307 e. The molecule has 1 aromatic heterocycles. The van der Waals surface area contributed by atoms with E-state index in [0.29, 0.717) is 29.3 Å². The first kappa shape index (κ1) is 22.7. The lowest BCUT2D eigenvalue weighted by Gasteiger charge is -2.13. The van der Waals surface area contributed by atoms with E-state index in [-0.39, 0.29) is 5.76 Å². The van der Waals surface area contributed by atoms with Crippen molar-refractivity contribution in [3.63, 3.8) is 0 Å². The molecule has 5 aromatic rings. The molecule has 0 aliphatic heterocycles. The fraction of sp³-hybridized carbons (Fsp3) is 0.0714. The number of amides is 1. The van der Waals surface area contributed by atoms with Crippen molar-refractivity contribution in [1.29, 1.82) is 0 Å². The molecular weight excluding hydrogens is 508 g/mol. The summed E-state index contributed by atoms with van der Waals surface area (Å²) in [6.07, 6.45) is 1.53. The first-order valence-corrected chi connectivity index (χ1v) is 11.7. The van der Waals surface area contributed by atoms with Crippen molar-refractivity contribution in [2.24, 2.45) is 5.10 Å². The van der Waals surface area contributed by atoms with Gasteiger partial charge in [0.1, 0.15) is 12.2 Å². The lowest BCUT2D eigenvalue weighted by molar-refractivity contribution is 0.0929. The maximum absolute atomic E-state index is 12.4. The number of carbonyl (C=O) groups is 1. The summed E-state index contributed by atoms with van der Waals surface area (Å²) in [7, 11) is 1.58. The minimum Gasteiger partial charge on any atom is -0.493 e. The van der Waals surface area contributed by atoms with Crippen LogP contribution in [0, 0.1) is 0 Å². The Morgan fingerprint density at radius 1 is 0.943 bits per heavy atom. The normalized spacial score (nSPS) is 11.3. The van der Waals surface area contributed by atoms with E-state index in [2.05, 4.69) is 56.8 Å². The predicted octanol–water partition coefficient (Wildman–Crippen LogP) is 6.70. The number of nitrogens with one attached hydrogen (secondary N) is 1. The van der Waals surface area contributed by atoms with Crippen molar-refractivity contribution in [2.45, 2.75) is 6.61 Å². The largest absolute Gasteiger partial charge is 0.493 e. The lowest BCUT2D eigenvalue weighted by atomic mass is 10.1. The number of hydrogen-bond acceptors (Lipinski definition) is 5. The molecule has 7 heteroatoms. The van der Waals surface area contributed by atoms with Crippen LogP contribution in [-0.4, -0.2) is 19.2 Å². The van der Waals surface area contributed by atoms with Gasteiger partial charge in [0.2, 0.25) is 0 Å². The van der Waals surface area contributed by atoms with E-state index in [9.17, 15) is 4.79 Å². The molecule has 0 radical (unpaired) electrons. The molecule has 0 saturated heterocycles. The van der Waals surface area contributed by atoms with Crippen LogP contribution in [0.25, 0.3) is 21.7 Å². The lowest BCUT2D eigenvalue weighted by Crippen LogP contribution is -2.16. The van der Waals surface area contributed by atoms with Crippen LogP contribution in [0.15, 0.2) is 98.9 Å². The summed E-state index contributed by atoms with van der Waals surface area (Å²) in [5.41, 5.74) is 4.91. The molecule has 0 unspecified atom stereocenters. The van der Waals surface area contributed by atoms with E-state index in [1.54, 1.807) is 19.2 Å². The van der Waals surface area contributed by atoms with E-state index in [4.69, 9.17) is 13.9 Å². The molecular formula is C28H21BrN2O4. The first-order valence-electron chi connectivity index (χ1n) is 10.9. The molecule has 1 amide bonds. The zero-order chi connectivity index (χ0) is 24.2. The second-order valence-corrected chi connectivity index (χ2v) is 8.70. The van der Waals surface area contributed by atoms with Crippen LogP contribution in [0.3, 0.4) is 0 Å². The number of methoxy groups -OCH3 is 1. The highest BCUT2D eigenvalue weighted by molar-refractivity contribution is 9.10. The summed E-state index contributed by atoms with van der Waals surface area (Å²) in [4.78, 5) is 12.4. The number of hydrogen-bond donors (Lipinski definition) is 1. The minimum atomic E-state index is -0.434. The molecule has 35 heavy (non-hydrogen) atoms. The molecule has 0 bridgehead atoms. The number of fused-ring (bicyclic) bond motifs is 2. The molecule has 0 aliphatic rings. The van der Waals surface area contributed by atoms with Gasteiger partial charge in [-0.3, -0.25) is 4.79 Å². The third-order valence-electron chi connectivity index (χ3n) is 5.51. The number of para-hydroxylation sites is 1. The summed E-state index contributed by atoms with van der Waals surface area (Å²) < 4.78 is 17.9. The molecule has 1 N–H and O–H groups in total. The fourth-order valence-corrected chi connectivity index (χ4v) is 4.15. The van der Waals surface area contributed by atoms with E-state index >= 15 is 0 Å². The van der Waals surface area contributed by atoms with Crippen LogP contribution < -0.4 is 14.9 Å². The summed E-state index contributed by atoms with van der Waals surface area (Å²) in [6, 6.07) is 27.2. The monoisotopic (exact) mass is 528 g/mol. The van der Waals surface area contributed by atoms with Crippen LogP contribution in [-0.2, 0) is 6.61 Å². The van der Waals surface area contributed by atoms with Crippen molar-refractivity contribution in [3.8, 4) is 11.5 Å². The predicted molar refractivity (Wildman–Crippen MR) is 140 cm³/mol. The van der Waals surface area contributed by atoms with Crippen molar-refractivity contribution in [2.75, 3.05) is 7.11 Å². The number of rotatable bonds is 7. The molecule has 174 valence electrons. The number of nitrogens with zero attached hydrogens (tertiary/aromatic N) is 1. The Morgan fingerprint density at radius 2 is 1.71 bits per heavy atom. The molecule has 5 rings (SSSR count). The Morgan fingerprint density at radius 3 is 2.51 bits per heavy atom. The standard InChI is InChI=1S/C28H21BrN2O4/c1-33-25-14-22(16-30-31-28(32)27-13-21-8-4-5-9-24(21)35-27)23(29)15-26(25)34-17-18-10-11-19-6-2-3-7-20(19)12-18/h2-16H,17H2,1H3,(H,31,32)/b30-16+. The minimum absolute atomic E-state index is 0.192. The molecule has 1 heterocycles. The quantitative estimate of drug-likeness (QED) is 0.188. The van der Waals surface area contributed by atoms with Gasteiger partial charge >= 0.3 is 5.91 Å². The van der Waals surface area contributed by atoms with Gasteiger partial charge in [0.15, 0.2) is 17.3 Å². The van der Waals surface area contributed by atoms with Gasteiger partial charge < -0.3 is 13.9 Å². The Balaban J connectivity index is 1.27. The van der Waals surface area contributed by atoms with Gasteiger partial charge in [-0.2, -0.15) is 5.10 Å². The Hall–Kier alpha value is -4.10. The molecule has 0 spiro atoms. The molecule has 0 atom stereocenters. The maximum Gasteiger partial charge on any atom is 0.307 e. The SMILES string of the molecule is COc1cc(/C=N/NC(=O)c2cc3ccccc3o2)c(Br)cc1OCc1ccc2ccccc2c1. The van der Waals surface area contributed by atoms with Crippen LogP contribution in [0.2, 0.25) is 0 Å². The van der Waals surface area contributed by atoms with Gasteiger partial charge in [-0.05, 0) is 62.6 Å². The summed E-state index contributed by atoms with van der Waals surface area (Å²) >= 11 is 3.55. The highest BCUT2D eigenvalue weighted by Crippen LogP contribution is 2.33. The highest BCUT2D eigenvalue weighted by Gasteiger charge is 2.12. The van der Waals surface area contributed by atoms with E-state index in [1.165, 1.54) is 11.6 Å². The van der Waals surface area contributed by atoms with Crippen LogP contribution in [0.4, 0.5) is 0 Å². The topological polar surface area (TPSA) is 73.1 Å². The summed E-state index contributed by atoms with van der Waals surface area (Å²) in [5, 5.41) is 7.27. The second-order valence-electron chi connectivity index (χ2n) is 7.84. The van der Waals surface area contributed by atoms with Gasteiger partial charge in [-0.15, -0.1) is 0 Å². The zero-order valence-electron chi connectivity index (χ0n) is 18.8. The zero-order valence-corrected chi connectivity index (χ0v) is 20.4. The average Bonchev–Trinajstić information content (AvgIpc) is 3.33. The fourth-order valence-electron chi connectivity index (χ4n) is 3.72. The number of halogens is 1. The van der Waals surface area contributed by atoms with Gasteiger partial charge in [0, 0.05) is 15.4 Å². The number of furan rings is 1. The first-order chi connectivity index (χ1) is 17.1. The summed E-state index contributed by atoms with van der Waals surface area (Å²) in [5.74, 6) is 0.906. The Labute approximate surface area is 210 Å². The molecule has 0 fully saturated rings. The second kappa shape index (κ2) is 10.0. The van der Waals surface area contributed by atoms with Crippen molar-refractivity contribution in [1.82, 2.24) is 5.43 Å². The van der Waals surface area contributed by atoms with E-state index < -0.39 is 5.91 Å². The van der Waals surface area contributed by atoms with E-state index in [1.807, 2.05) is 42.5 Å². The van der Waals surface area contributed by atoms with Gasteiger partial charge in [0.25, 0.3) is 0 Å². The number of carbonyl (C=O) groups excluding carboxylic acids is 1. The molecule has 4 aromatic carbocycles. The van der Waals surface area contributed by atoms with Crippen molar-refractivity contribution < 1.29 is 18.7 Å². The van der Waals surface area contributed by atoms with Crippen molar-refractivity contribution >= 4 is 49.8 Å². The summed E-state index contributed by atoms with van der Waals surface area (Å²) in [6.45, 7) is 0.397. The molecule has 6 nitrogen and oxygen atoms in total. The number of benzene rings is 4. The average molecular weight is 529 g/mol. The Bertz CT molecular complexity index is 1520. The maximum atomic E-state index is 12.4. The third kappa shape index (κ3) is 5.05. The van der Waals surface area contributed by atoms with Crippen LogP contribution in [0.1, 0.15) is 21.7 Å². The third-order valence-corrected chi connectivity index (χ3v) is 6.20. The highest BCUT2D eigenvalue weighted by atomic mass is 79.9.